The van der Waals surface area contributed by atoms with Crippen molar-refractivity contribution in [1.82, 2.24) is 0 Å². The Morgan fingerprint density at radius 3 is 2.44 bits per heavy atom. The average Bonchev–Trinajstić information content (AvgIpc) is 2.24. The van der Waals surface area contributed by atoms with Crippen molar-refractivity contribution in [3.05, 3.63) is 0 Å². The van der Waals surface area contributed by atoms with E-state index in [1.807, 2.05) is 6.92 Å². The number of hydrogen-bond acceptors (Lipinski definition) is 2. The molecule has 1 aliphatic carbocycles. The Bertz CT molecular complexity index is 293. The van der Waals surface area contributed by atoms with Crippen LogP contribution in [0.15, 0.2) is 0 Å². The van der Waals surface area contributed by atoms with E-state index in [1.54, 1.807) is 0 Å². The van der Waals surface area contributed by atoms with Crippen LogP contribution < -0.4 is 0 Å². The van der Waals surface area contributed by atoms with Crippen LogP contribution in [0, 0.1) is 17.3 Å². The first kappa shape index (κ1) is 15.5. The van der Waals surface area contributed by atoms with Gasteiger partial charge in [0.05, 0.1) is 11.5 Å². The van der Waals surface area contributed by atoms with Crippen molar-refractivity contribution in [2.45, 2.75) is 71.8 Å². The molecule has 2 N–H and O–H groups in total. The highest BCUT2D eigenvalue weighted by Gasteiger charge is 2.51. The van der Waals surface area contributed by atoms with E-state index >= 15 is 0 Å². The molecule has 0 aromatic rings. The minimum Gasteiger partial charge on any atom is -0.481 e. The van der Waals surface area contributed by atoms with Crippen molar-refractivity contribution < 1.29 is 15.0 Å². The van der Waals surface area contributed by atoms with Crippen LogP contribution >= 0.6 is 0 Å². The molecule has 0 spiro atoms. The van der Waals surface area contributed by atoms with Gasteiger partial charge in [0.2, 0.25) is 0 Å². The third kappa shape index (κ3) is 3.05. The van der Waals surface area contributed by atoms with Gasteiger partial charge >= 0.3 is 5.97 Å². The summed E-state index contributed by atoms with van der Waals surface area (Å²) in [5.41, 5.74) is -1.07. The van der Waals surface area contributed by atoms with Crippen LogP contribution in [-0.2, 0) is 4.79 Å². The Labute approximate surface area is 111 Å². The second kappa shape index (κ2) is 5.60. The molecule has 1 fully saturated rings. The van der Waals surface area contributed by atoms with Gasteiger partial charge in [-0.25, -0.2) is 0 Å². The largest absolute Gasteiger partial charge is 0.481 e. The molecule has 3 atom stereocenters. The van der Waals surface area contributed by atoms with Gasteiger partial charge in [-0.05, 0) is 30.6 Å². The Balaban J connectivity index is 3.06. The van der Waals surface area contributed by atoms with Crippen LogP contribution in [-0.4, -0.2) is 21.8 Å². The predicted octanol–water partition coefficient (Wildman–Crippen LogP) is 3.45. The maximum Gasteiger partial charge on any atom is 0.309 e. The molecule has 18 heavy (non-hydrogen) atoms. The molecule has 0 aromatic carbocycles. The Hall–Kier alpha value is -0.570. The van der Waals surface area contributed by atoms with Crippen molar-refractivity contribution in [3.63, 3.8) is 0 Å². The number of carboxylic acids is 1. The standard InChI is InChI=1S/C15H28O3/c1-5-8-11(13(16)17)15(18)10-7-6-9-12(15)14(2,3)4/h11-12,18H,5-10H2,1-4H3,(H,16,17). The van der Waals surface area contributed by atoms with Crippen molar-refractivity contribution in [3.8, 4) is 0 Å². The summed E-state index contributed by atoms with van der Waals surface area (Å²) in [4.78, 5) is 11.5. The van der Waals surface area contributed by atoms with E-state index in [0.29, 0.717) is 12.8 Å². The number of carbonyl (C=O) groups is 1. The fourth-order valence-electron chi connectivity index (χ4n) is 3.66. The van der Waals surface area contributed by atoms with Gasteiger partial charge in [-0.1, -0.05) is 47.0 Å². The van der Waals surface area contributed by atoms with Gasteiger partial charge in [0, 0.05) is 0 Å². The van der Waals surface area contributed by atoms with E-state index in [1.165, 1.54) is 0 Å². The van der Waals surface area contributed by atoms with Crippen LogP contribution in [0.1, 0.15) is 66.2 Å². The molecule has 0 heterocycles. The topological polar surface area (TPSA) is 57.5 Å². The monoisotopic (exact) mass is 256 g/mol. The fourth-order valence-corrected chi connectivity index (χ4v) is 3.66. The third-order valence-electron chi connectivity index (χ3n) is 4.45. The van der Waals surface area contributed by atoms with Gasteiger partial charge in [-0.15, -0.1) is 0 Å². The van der Waals surface area contributed by atoms with Gasteiger partial charge in [0.1, 0.15) is 0 Å². The molecular formula is C15H28O3. The van der Waals surface area contributed by atoms with E-state index in [0.717, 1.165) is 25.7 Å². The summed E-state index contributed by atoms with van der Waals surface area (Å²) >= 11 is 0. The van der Waals surface area contributed by atoms with Crippen LogP contribution in [0.4, 0.5) is 0 Å². The SMILES string of the molecule is CCCC(C(=O)O)C1(O)CCCCC1C(C)(C)C. The van der Waals surface area contributed by atoms with Crippen molar-refractivity contribution >= 4 is 5.97 Å². The lowest BCUT2D eigenvalue weighted by molar-refractivity contribution is -0.170. The molecular weight excluding hydrogens is 228 g/mol. The molecule has 1 saturated carbocycles. The molecule has 3 nitrogen and oxygen atoms in total. The van der Waals surface area contributed by atoms with Crippen LogP contribution in [0.25, 0.3) is 0 Å². The molecule has 0 amide bonds. The molecule has 3 unspecified atom stereocenters. The molecule has 1 aliphatic rings. The molecule has 3 heteroatoms. The average molecular weight is 256 g/mol. The van der Waals surface area contributed by atoms with Gasteiger partial charge in [-0.2, -0.15) is 0 Å². The second-order valence-electron chi connectivity index (χ2n) is 6.84. The van der Waals surface area contributed by atoms with E-state index in [4.69, 9.17) is 0 Å². The highest BCUT2D eigenvalue weighted by Crippen LogP contribution is 2.48. The Morgan fingerprint density at radius 2 is 2.00 bits per heavy atom. The van der Waals surface area contributed by atoms with Gasteiger partial charge in [-0.3, -0.25) is 4.79 Å². The lowest BCUT2D eigenvalue weighted by Crippen LogP contribution is -2.54. The first-order chi connectivity index (χ1) is 8.23. The Kier molecular flexibility index (Phi) is 4.82. The zero-order valence-corrected chi connectivity index (χ0v) is 12.2. The van der Waals surface area contributed by atoms with Crippen molar-refractivity contribution in [2.75, 3.05) is 0 Å². The number of aliphatic carboxylic acids is 1. The summed E-state index contributed by atoms with van der Waals surface area (Å²) in [5, 5.41) is 20.5. The summed E-state index contributed by atoms with van der Waals surface area (Å²) in [5.74, 6) is -1.38. The van der Waals surface area contributed by atoms with E-state index in [-0.39, 0.29) is 11.3 Å². The minimum atomic E-state index is -1.03. The number of hydrogen-bond donors (Lipinski definition) is 2. The third-order valence-corrected chi connectivity index (χ3v) is 4.45. The van der Waals surface area contributed by atoms with E-state index in [2.05, 4.69) is 20.8 Å². The van der Waals surface area contributed by atoms with Crippen molar-refractivity contribution in [1.29, 1.82) is 0 Å². The zero-order valence-electron chi connectivity index (χ0n) is 12.2. The summed E-state index contributed by atoms with van der Waals surface area (Å²) < 4.78 is 0. The summed E-state index contributed by atoms with van der Waals surface area (Å²) in [6, 6.07) is 0. The normalized spacial score (nSPS) is 31.1. The van der Waals surface area contributed by atoms with Crippen LogP contribution in [0.2, 0.25) is 0 Å². The quantitative estimate of drug-likeness (QED) is 0.810. The maximum atomic E-state index is 11.5. The second-order valence-corrected chi connectivity index (χ2v) is 6.84. The smallest absolute Gasteiger partial charge is 0.309 e. The molecule has 1 rings (SSSR count). The van der Waals surface area contributed by atoms with Gasteiger partial charge in [0.15, 0.2) is 0 Å². The first-order valence-electron chi connectivity index (χ1n) is 7.18. The number of carboxylic acid groups (broad SMARTS) is 1. The summed E-state index contributed by atoms with van der Waals surface area (Å²) in [6.07, 6.45) is 4.98. The highest BCUT2D eigenvalue weighted by molar-refractivity contribution is 5.71. The Morgan fingerprint density at radius 1 is 1.39 bits per heavy atom. The summed E-state index contributed by atoms with van der Waals surface area (Å²) in [6.45, 7) is 8.31. The molecule has 0 aromatic heterocycles. The van der Waals surface area contributed by atoms with Crippen LogP contribution in [0.5, 0.6) is 0 Å². The molecule has 0 saturated heterocycles. The lowest BCUT2D eigenvalue weighted by atomic mass is 9.59. The van der Waals surface area contributed by atoms with Crippen LogP contribution in [0.3, 0.4) is 0 Å². The van der Waals surface area contributed by atoms with Gasteiger partial charge in [0.25, 0.3) is 0 Å². The highest BCUT2D eigenvalue weighted by atomic mass is 16.4. The lowest BCUT2D eigenvalue weighted by Gasteiger charge is -2.49. The summed E-state index contributed by atoms with van der Waals surface area (Å²) in [7, 11) is 0. The molecule has 0 aliphatic heterocycles. The zero-order chi connectivity index (χ0) is 14.0. The number of rotatable bonds is 4. The first-order valence-corrected chi connectivity index (χ1v) is 7.18. The maximum absolute atomic E-state index is 11.5. The predicted molar refractivity (Wildman–Crippen MR) is 72.4 cm³/mol. The molecule has 0 radical (unpaired) electrons. The minimum absolute atomic E-state index is 0.0450. The van der Waals surface area contributed by atoms with E-state index in [9.17, 15) is 15.0 Å². The van der Waals surface area contributed by atoms with Gasteiger partial charge < -0.3 is 10.2 Å². The van der Waals surface area contributed by atoms with Crippen molar-refractivity contribution in [2.24, 2.45) is 17.3 Å². The molecule has 0 bridgehead atoms. The molecule has 106 valence electrons. The number of aliphatic hydroxyl groups is 1. The van der Waals surface area contributed by atoms with E-state index < -0.39 is 17.5 Å². The fraction of sp³-hybridized carbons (Fsp3) is 0.933.